The minimum absolute atomic E-state index is 0.0550. The highest BCUT2D eigenvalue weighted by molar-refractivity contribution is 5.69. The maximum atomic E-state index is 11.0. The molecule has 0 bridgehead atoms. The Labute approximate surface area is 138 Å². The van der Waals surface area contributed by atoms with E-state index in [2.05, 4.69) is 35.9 Å². The molecule has 0 unspecified atom stereocenters. The third-order valence-electron chi connectivity index (χ3n) is 3.90. The van der Waals surface area contributed by atoms with Crippen molar-refractivity contribution in [1.29, 1.82) is 0 Å². The lowest BCUT2D eigenvalue weighted by Crippen LogP contribution is -2.07. The molecule has 1 aliphatic heterocycles. The molecule has 4 nitrogen and oxygen atoms in total. The van der Waals surface area contributed by atoms with E-state index in [4.69, 9.17) is 9.47 Å². The van der Waals surface area contributed by atoms with Crippen molar-refractivity contribution >= 4 is 12.0 Å². The smallest absolute Gasteiger partial charge is 0.305 e. The predicted molar refractivity (Wildman–Crippen MR) is 90.1 cm³/mol. The van der Waals surface area contributed by atoms with E-state index in [-0.39, 0.29) is 18.2 Å². The van der Waals surface area contributed by atoms with Crippen molar-refractivity contribution in [3.8, 4) is 0 Å². The lowest BCUT2D eigenvalue weighted by atomic mass is 10.0. The van der Waals surface area contributed by atoms with Gasteiger partial charge >= 0.3 is 5.97 Å². The molecule has 1 fully saturated rings. The molecule has 2 atom stereocenters. The number of epoxide rings is 1. The normalized spacial score (nSPS) is 18.1. The van der Waals surface area contributed by atoms with E-state index in [0.717, 1.165) is 25.9 Å². The summed E-state index contributed by atoms with van der Waals surface area (Å²) >= 11 is 0. The number of esters is 1. The number of allylic oxidation sites excluding steroid dienone is 1. The molecule has 0 radical (unpaired) electrons. The Morgan fingerprint density at radius 3 is 2.91 bits per heavy atom. The minimum atomic E-state index is -0.134. The Bertz CT molecular complexity index is 520. The molecule has 126 valence electrons. The number of hydrogen-bond acceptors (Lipinski definition) is 4. The summed E-state index contributed by atoms with van der Waals surface area (Å²) in [7, 11) is 1.43. The van der Waals surface area contributed by atoms with E-state index >= 15 is 0 Å². The average Bonchev–Trinajstić information content (AvgIpc) is 3.40. The summed E-state index contributed by atoms with van der Waals surface area (Å²) in [5.74, 6) is -0.134. The third kappa shape index (κ3) is 6.55. The zero-order valence-electron chi connectivity index (χ0n) is 14.0. The molecule has 2 rings (SSSR count). The fourth-order valence-electron chi connectivity index (χ4n) is 2.38. The molecule has 23 heavy (non-hydrogen) atoms. The van der Waals surface area contributed by atoms with E-state index in [1.807, 2.05) is 12.1 Å². The molecule has 1 aromatic carbocycles. The quantitative estimate of drug-likeness (QED) is 0.373. The van der Waals surface area contributed by atoms with Gasteiger partial charge in [0.15, 0.2) is 0 Å². The topological polar surface area (TPSA) is 48.1 Å². The number of rotatable bonds is 10. The molecule has 0 saturated carbocycles. The van der Waals surface area contributed by atoms with Gasteiger partial charge in [-0.05, 0) is 37.3 Å². The van der Waals surface area contributed by atoms with E-state index in [9.17, 15) is 4.79 Å². The molecule has 0 amide bonds. The van der Waals surface area contributed by atoms with Crippen LogP contribution >= 0.6 is 0 Å². The Morgan fingerprint density at radius 2 is 2.17 bits per heavy atom. The second kappa shape index (κ2) is 9.48. The zero-order chi connectivity index (χ0) is 16.5. The van der Waals surface area contributed by atoms with Gasteiger partial charge in [0.1, 0.15) is 6.10 Å². The molecular weight excluding hydrogens is 292 g/mol. The number of unbranched alkanes of at least 4 members (excludes halogenated alkanes) is 2. The first-order valence-electron chi connectivity index (χ1n) is 8.26. The first-order chi connectivity index (χ1) is 11.2. The molecule has 0 spiro atoms. The summed E-state index contributed by atoms with van der Waals surface area (Å²) in [6.45, 7) is 3.55. The predicted octanol–water partition coefficient (Wildman–Crippen LogP) is 3.91. The van der Waals surface area contributed by atoms with Crippen LogP contribution in [-0.2, 0) is 19.0 Å². The van der Waals surface area contributed by atoms with Gasteiger partial charge in [0.05, 0.1) is 26.4 Å². The Hall–Kier alpha value is -1.65. The van der Waals surface area contributed by atoms with Gasteiger partial charge in [-0.2, -0.15) is 0 Å². The fraction of sp³-hybridized carbons (Fsp3) is 0.526. The molecule has 0 aromatic heterocycles. The molecule has 4 heteroatoms. The van der Waals surface area contributed by atoms with Crippen molar-refractivity contribution < 1.29 is 19.0 Å². The van der Waals surface area contributed by atoms with E-state index < -0.39 is 0 Å². The molecule has 1 aromatic rings. The van der Waals surface area contributed by atoms with Crippen molar-refractivity contribution in [2.24, 2.45) is 0 Å². The van der Waals surface area contributed by atoms with Crippen LogP contribution in [0.4, 0.5) is 0 Å². The van der Waals surface area contributed by atoms with Gasteiger partial charge in [-0.25, -0.2) is 0 Å². The largest absolute Gasteiger partial charge is 0.469 e. The van der Waals surface area contributed by atoms with Crippen LogP contribution in [0.25, 0.3) is 6.08 Å². The summed E-state index contributed by atoms with van der Waals surface area (Å²) in [5.41, 5.74) is 2.38. The highest BCUT2D eigenvalue weighted by Gasteiger charge is 2.23. The molecule has 1 saturated heterocycles. The van der Waals surface area contributed by atoms with E-state index in [1.54, 1.807) is 0 Å². The summed E-state index contributed by atoms with van der Waals surface area (Å²) in [6.07, 6.45) is 7.94. The van der Waals surface area contributed by atoms with Crippen LogP contribution in [0.2, 0.25) is 0 Å². The maximum absolute atomic E-state index is 11.0. The molecule has 1 aliphatic rings. The Kier molecular flexibility index (Phi) is 7.30. The average molecular weight is 318 g/mol. The van der Waals surface area contributed by atoms with Crippen molar-refractivity contribution in [1.82, 2.24) is 0 Å². The summed E-state index contributed by atoms with van der Waals surface area (Å²) in [5, 5.41) is 0. The number of hydrogen-bond donors (Lipinski definition) is 0. The number of benzene rings is 1. The van der Waals surface area contributed by atoms with Crippen molar-refractivity contribution in [2.45, 2.75) is 44.8 Å². The molecule has 0 N–H and O–H groups in total. The van der Waals surface area contributed by atoms with Gasteiger partial charge in [0.2, 0.25) is 0 Å². The summed E-state index contributed by atoms with van der Waals surface area (Å²) in [4.78, 5) is 11.0. The van der Waals surface area contributed by atoms with Crippen LogP contribution in [0.5, 0.6) is 0 Å². The second-order valence-corrected chi connectivity index (χ2v) is 5.78. The third-order valence-corrected chi connectivity index (χ3v) is 3.90. The van der Waals surface area contributed by atoms with E-state index in [1.165, 1.54) is 18.2 Å². The SMILES string of the molecule is COC(=O)CCCCC=Cc1ccccc1[C@@H](C)OC[C@H]1CO1. The fourth-order valence-corrected chi connectivity index (χ4v) is 2.38. The second-order valence-electron chi connectivity index (χ2n) is 5.78. The van der Waals surface area contributed by atoms with Crippen molar-refractivity contribution in [2.75, 3.05) is 20.3 Å². The summed E-state index contributed by atoms with van der Waals surface area (Å²) in [6, 6.07) is 8.29. The first-order valence-corrected chi connectivity index (χ1v) is 8.26. The van der Waals surface area contributed by atoms with Gasteiger partial charge in [-0.15, -0.1) is 0 Å². The van der Waals surface area contributed by atoms with Crippen LogP contribution in [0.3, 0.4) is 0 Å². The standard InChI is InChI=1S/C19H26O4/c1-15(22-13-17-14-23-17)18-11-8-7-10-16(18)9-5-3-4-6-12-19(20)21-2/h5,7-11,15,17H,3-4,6,12-14H2,1-2H3/t15-,17+/m1/s1. The van der Waals surface area contributed by atoms with Crippen LogP contribution < -0.4 is 0 Å². The van der Waals surface area contributed by atoms with Crippen LogP contribution in [0.15, 0.2) is 30.3 Å². The van der Waals surface area contributed by atoms with Gasteiger partial charge in [0.25, 0.3) is 0 Å². The van der Waals surface area contributed by atoms with Gasteiger partial charge in [-0.1, -0.05) is 36.4 Å². The number of carbonyl (C=O) groups excluding carboxylic acids is 1. The number of methoxy groups -OCH3 is 1. The monoisotopic (exact) mass is 318 g/mol. The highest BCUT2D eigenvalue weighted by atomic mass is 16.6. The molecule has 0 aliphatic carbocycles. The van der Waals surface area contributed by atoms with Crippen LogP contribution in [-0.4, -0.2) is 32.4 Å². The molecular formula is C19H26O4. The Balaban J connectivity index is 1.79. The molecule has 1 heterocycles. The van der Waals surface area contributed by atoms with Crippen molar-refractivity contribution in [3.63, 3.8) is 0 Å². The van der Waals surface area contributed by atoms with Crippen LogP contribution in [0.1, 0.15) is 49.8 Å². The first kappa shape index (κ1) is 17.7. The van der Waals surface area contributed by atoms with Crippen molar-refractivity contribution in [3.05, 3.63) is 41.5 Å². The highest BCUT2D eigenvalue weighted by Crippen LogP contribution is 2.24. The lowest BCUT2D eigenvalue weighted by molar-refractivity contribution is -0.140. The summed E-state index contributed by atoms with van der Waals surface area (Å²) < 4.78 is 15.7. The number of carbonyl (C=O) groups is 1. The Morgan fingerprint density at radius 1 is 1.39 bits per heavy atom. The van der Waals surface area contributed by atoms with Gasteiger partial charge in [0, 0.05) is 6.42 Å². The number of ether oxygens (including phenoxy) is 3. The minimum Gasteiger partial charge on any atom is -0.469 e. The zero-order valence-corrected chi connectivity index (χ0v) is 14.0. The van der Waals surface area contributed by atoms with Crippen LogP contribution in [0, 0.1) is 0 Å². The lowest BCUT2D eigenvalue weighted by Gasteiger charge is -2.15. The van der Waals surface area contributed by atoms with Gasteiger partial charge in [-0.3, -0.25) is 4.79 Å². The van der Waals surface area contributed by atoms with Gasteiger partial charge < -0.3 is 14.2 Å². The van der Waals surface area contributed by atoms with E-state index in [0.29, 0.717) is 13.0 Å². The maximum Gasteiger partial charge on any atom is 0.305 e.